The van der Waals surface area contributed by atoms with Crippen molar-refractivity contribution in [3.63, 3.8) is 0 Å². The highest BCUT2D eigenvalue weighted by atomic mass is 16.5. The Morgan fingerprint density at radius 3 is 2.54 bits per heavy atom. The fourth-order valence-corrected chi connectivity index (χ4v) is 2.72. The molecule has 0 bridgehead atoms. The summed E-state index contributed by atoms with van der Waals surface area (Å²) >= 11 is 0. The molecule has 5 nitrogen and oxygen atoms in total. The minimum absolute atomic E-state index is 0.00129. The number of hydrogen-bond donors (Lipinski definition) is 0. The Morgan fingerprint density at radius 1 is 1.04 bits per heavy atom. The third-order valence-corrected chi connectivity index (χ3v) is 4.22. The van der Waals surface area contributed by atoms with Crippen LogP contribution in [0.4, 0.5) is 0 Å². The van der Waals surface area contributed by atoms with Gasteiger partial charge in [0.05, 0.1) is 12.0 Å². The first-order valence-corrected chi connectivity index (χ1v) is 8.76. The van der Waals surface area contributed by atoms with E-state index in [-0.39, 0.29) is 5.56 Å². The van der Waals surface area contributed by atoms with Crippen LogP contribution in [0.5, 0.6) is 5.75 Å². The summed E-state index contributed by atoms with van der Waals surface area (Å²) in [4.78, 5) is 14.9. The van der Waals surface area contributed by atoms with Gasteiger partial charge in [0.25, 0.3) is 5.56 Å². The van der Waals surface area contributed by atoms with E-state index < -0.39 is 0 Å². The van der Waals surface area contributed by atoms with Crippen molar-refractivity contribution in [3.8, 4) is 5.75 Å². The van der Waals surface area contributed by atoms with Gasteiger partial charge in [0.1, 0.15) is 12.4 Å². The second-order valence-electron chi connectivity index (χ2n) is 5.60. The van der Waals surface area contributed by atoms with Crippen molar-refractivity contribution in [1.29, 1.82) is 0 Å². The highest BCUT2D eigenvalue weighted by Gasteiger charge is 2.08. The number of benzene rings is 1. The van der Waals surface area contributed by atoms with E-state index in [9.17, 15) is 4.79 Å². The van der Waals surface area contributed by atoms with Crippen molar-refractivity contribution in [2.75, 3.05) is 39.5 Å². The van der Waals surface area contributed by atoms with Gasteiger partial charge in [0.2, 0.25) is 0 Å². The molecule has 1 aromatic heterocycles. The van der Waals surface area contributed by atoms with Gasteiger partial charge in [-0.2, -0.15) is 0 Å². The molecule has 24 heavy (non-hydrogen) atoms. The van der Waals surface area contributed by atoms with E-state index in [4.69, 9.17) is 9.47 Å². The van der Waals surface area contributed by atoms with Crippen LogP contribution in [0.2, 0.25) is 0 Å². The Labute approximate surface area is 143 Å². The molecule has 132 valence electrons. The van der Waals surface area contributed by atoms with Crippen LogP contribution in [0.3, 0.4) is 0 Å². The molecule has 0 saturated heterocycles. The summed E-state index contributed by atoms with van der Waals surface area (Å²) in [5, 5.41) is 1.56. The Balaban J connectivity index is 2.15. The molecule has 0 saturated carbocycles. The number of likely N-dealkylation sites (N-methyl/N-ethyl adjacent to an activating group) is 1. The van der Waals surface area contributed by atoms with E-state index in [1.165, 1.54) is 0 Å². The number of pyridine rings is 1. The van der Waals surface area contributed by atoms with Crippen molar-refractivity contribution >= 4 is 10.8 Å². The molecule has 0 fully saturated rings. The normalized spacial score (nSPS) is 11.3. The summed E-state index contributed by atoms with van der Waals surface area (Å²) in [5.41, 5.74) is 0.00129. The Morgan fingerprint density at radius 2 is 1.83 bits per heavy atom. The van der Waals surface area contributed by atoms with E-state index in [1.54, 1.807) is 4.57 Å². The molecule has 0 N–H and O–H groups in total. The molecule has 1 aromatic carbocycles. The summed E-state index contributed by atoms with van der Waals surface area (Å²) in [5.74, 6) is 0.772. The predicted octanol–water partition coefficient (Wildman–Crippen LogP) is 2.76. The van der Waals surface area contributed by atoms with Crippen molar-refractivity contribution in [3.05, 3.63) is 40.8 Å². The second-order valence-corrected chi connectivity index (χ2v) is 5.60. The number of hydrogen-bond acceptors (Lipinski definition) is 4. The number of nitrogens with zero attached hydrogens (tertiary/aromatic N) is 2. The van der Waals surface area contributed by atoms with Crippen LogP contribution in [0.15, 0.2) is 35.3 Å². The van der Waals surface area contributed by atoms with E-state index >= 15 is 0 Å². The van der Waals surface area contributed by atoms with Crippen molar-refractivity contribution in [2.45, 2.75) is 27.3 Å². The maximum atomic E-state index is 12.6. The van der Waals surface area contributed by atoms with Gasteiger partial charge in [-0.15, -0.1) is 0 Å². The van der Waals surface area contributed by atoms with Gasteiger partial charge in [0.15, 0.2) is 0 Å². The zero-order chi connectivity index (χ0) is 17.4. The number of fused-ring (bicyclic) bond motifs is 1. The van der Waals surface area contributed by atoms with E-state index in [0.29, 0.717) is 31.8 Å². The molecule has 0 aliphatic rings. The third-order valence-electron chi connectivity index (χ3n) is 4.22. The molecular formula is C19H28N2O3. The number of rotatable bonds is 10. The van der Waals surface area contributed by atoms with Gasteiger partial charge < -0.3 is 18.9 Å². The first kappa shape index (κ1) is 18.5. The van der Waals surface area contributed by atoms with Crippen LogP contribution < -0.4 is 10.3 Å². The molecule has 0 atom stereocenters. The molecule has 0 amide bonds. The topological polar surface area (TPSA) is 43.7 Å². The van der Waals surface area contributed by atoms with Gasteiger partial charge in [-0.3, -0.25) is 4.79 Å². The van der Waals surface area contributed by atoms with Crippen LogP contribution in [-0.2, 0) is 11.3 Å². The Hall–Kier alpha value is -1.85. The zero-order valence-electron chi connectivity index (χ0n) is 15.0. The highest BCUT2D eigenvalue weighted by Crippen LogP contribution is 2.23. The Bertz CT molecular complexity index is 693. The minimum atomic E-state index is 0.00129. The summed E-state index contributed by atoms with van der Waals surface area (Å²) in [6.07, 6.45) is 1.82. The summed E-state index contributed by atoms with van der Waals surface area (Å²) in [7, 11) is 0. The van der Waals surface area contributed by atoms with Crippen molar-refractivity contribution < 1.29 is 9.47 Å². The van der Waals surface area contributed by atoms with Gasteiger partial charge in [-0.25, -0.2) is 0 Å². The third kappa shape index (κ3) is 4.58. The van der Waals surface area contributed by atoms with Crippen molar-refractivity contribution in [2.24, 2.45) is 0 Å². The zero-order valence-corrected chi connectivity index (χ0v) is 15.0. The van der Waals surface area contributed by atoms with Crippen LogP contribution in [0, 0.1) is 0 Å². The maximum Gasteiger partial charge on any atom is 0.258 e. The fourth-order valence-electron chi connectivity index (χ4n) is 2.72. The highest BCUT2D eigenvalue weighted by molar-refractivity contribution is 5.87. The first-order valence-electron chi connectivity index (χ1n) is 8.76. The van der Waals surface area contributed by atoms with Crippen LogP contribution in [0.1, 0.15) is 20.8 Å². The predicted molar refractivity (Wildman–Crippen MR) is 98.0 cm³/mol. The molecule has 2 aromatic rings. The summed E-state index contributed by atoms with van der Waals surface area (Å²) in [6, 6.07) is 7.61. The van der Waals surface area contributed by atoms with Gasteiger partial charge in [-0.05, 0) is 38.2 Å². The van der Waals surface area contributed by atoms with Gasteiger partial charge in [-0.1, -0.05) is 19.9 Å². The number of ether oxygens (including phenoxy) is 2. The molecule has 0 spiro atoms. The maximum absolute atomic E-state index is 12.6. The van der Waals surface area contributed by atoms with E-state index in [1.807, 2.05) is 37.4 Å². The second kappa shape index (κ2) is 9.45. The van der Waals surface area contributed by atoms with Gasteiger partial charge in [0, 0.05) is 31.3 Å². The SMILES string of the molecule is CCOCCn1ccc2c(OCCN(CC)CC)cccc2c1=O. The molecular weight excluding hydrogens is 304 g/mol. The minimum Gasteiger partial charge on any atom is -0.492 e. The average molecular weight is 332 g/mol. The number of aromatic nitrogens is 1. The lowest BCUT2D eigenvalue weighted by Crippen LogP contribution is -2.28. The summed E-state index contributed by atoms with van der Waals surface area (Å²) in [6.45, 7) is 11.5. The molecule has 0 aliphatic carbocycles. The average Bonchev–Trinajstić information content (AvgIpc) is 2.61. The quantitative estimate of drug-likeness (QED) is 0.628. The molecule has 0 radical (unpaired) electrons. The lowest BCUT2D eigenvalue weighted by atomic mass is 10.1. The molecule has 1 heterocycles. The van der Waals surface area contributed by atoms with Gasteiger partial charge >= 0.3 is 0 Å². The molecule has 0 aliphatic heterocycles. The van der Waals surface area contributed by atoms with E-state index in [0.717, 1.165) is 30.8 Å². The standard InChI is InChI=1S/C19H28N2O3/c1-4-20(5-2)12-15-24-18-9-7-8-17-16(18)10-11-21(19(17)22)13-14-23-6-3/h7-11H,4-6,12-15H2,1-3H3. The van der Waals surface area contributed by atoms with Crippen LogP contribution in [-0.4, -0.2) is 48.9 Å². The first-order chi connectivity index (χ1) is 11.7. The summed E-state index contributed by atoms with van der Waals surface area (Å²) < 4.78 is 13.0. The lowest BCUT2D eigenvalue weighted by molar-refractivity contribution is 0.138. The molecule has 0 unspecified atom stereocenters. The molecule has 2 rings (SSSR count). The smallest absolute Gasteiger partial charge is 0.258 e. The largest absolute Gasteiger partial charge is 0.492 e. The lowest BCUT2D eigenvalue weighted by Gasteiger charge is -2.18. The van der Waals surface area contributed by atoms with E-state index in [2.05, 4.69) is 18.7 Å². The van der Waals surface area contributed by atoms with Crippen LogP contribution >= 0.6 is 0 Å². The molecule has 5 heteroatoms. The Kier molecular flexibility index (Phi) is 7.28. The fraction of sp³-hybridized carbons (Fsp3) is 0.526. The monoisotopic (exact) mass is 332 g/mol. The van der Waals surface area contributed by atoms with Crippen molar-refractivity contribution in [1.82, 2.24) is 9.47 Å². The van der Waals surface area contributed by atoms with Crippen LogP contribution in [0.25, 0.3) is 10.8 Å².